The topological polar surface area (TPSA) is 429 Å². The molecule has 125 heavy (non-hydrogen) atoms. The number of carbonyl (C=O) groups excluding carboxylic acids is 1. The Hall–Kier alpha value is -7.69. The van der Waals surface area contributed by atoms with Gasteiger partial charge in [-0.3, -0.25) is 4.79 Å². The zero-order chi connectivity index (χ0) is 88.4. The van der Waals surface area contributed by atoms with E-state index in [1.54, 1.807) is 51.9 Å². The quantitative estimate of drug-likeness (QED) is 0.0206. The first-order valence-corrected chi connectivity index (χ1v) is 48.5. The first-order chi connectivity index (χ1) is 59.8. The average molecular weight is 2230 g/mol. The molecule has 0 radical (unpaired) electrons. The molecule has 1 fully saturated rings. The van der Waals surface area contributed by atoms with Crippen LogP contribution in [0.3, 0.4) is 0 Å². The summed E-state index contributed by atoms with van der Waals surface area (Å²) < 4.78 is 58.5. The number of aryl methyl sites for hydroxylation is 2. The largest absolute Gasteiger partial charge is 0.486 e. The summed E-state index contributed by atoms with van der Waals surface area (Å²) in [6.45, 7) is 34.5. The molecule has 17 rings (SSSR count). The number of hydrogen-bond donors (Lipinski definition) is 8. The van der Waals surface area contributed by atoms with Gasteiger partial charge in [0, 0.05) is 105 Å². The van der Waals surface area contributed by atoms with Crippen LogP contribution in [0.2, 0.25) is 0 Å². The zero-order valence-electron chi connectivity index (χ0n) is 71.0. The summed E-state index contributed by atoms with van der Waals surface area (Å²) in [5, 5.41) is 23.4. The van der Waals surface area contributed by atoms with Crippen molar-refractivity contribution in [3.8, 4) is 46.0 Å². The molecule has 8 aromatic heterocycles. The van der Waals surface area contributed by atoms with E-state index >= 15 is 0 Å². The number of aromatic nitrogens is 16. The molecule has 42 heteroatoms. The number of piperidine rings is 1. The number of rotatable bonds is 24. The number of likely N-dealkylation sites (tertiary alicyclic amines) is 1. The Balaban J connectivity index is 0.000000136. The van der Waals surface area contributed by atoms with Gasteiger partial charge in [-0.05, 0) is 216 Å². The molecule has 0 bridgehead atoms. The second-order valence-corrected chi connectivity index (χ2v) is 41.9. The maximum absolute atomic E-state index is 12.1. The number of nitrogens with zero attached hydrogens (tertiary/aromatic N) is 17. The maximum Gasteiger partial charge on any atom is 0.251 e. The van der Waals surface area contributed by atoms with Crippen LogP contribution in [0.5, 0.6) is 46.0 Å². The van der Waals surface area contributed by atoms with E-state index in [0.29, 0.717) is 123 Å². The Morgan fingerprint density at radius 2 is 0.760 bits per heavy atom. The summed E-state index contributed by atoms with van der Waals surface area (Å²) in [5.74, 6) is 7.94. The molecule has 12 aromatic rings. The van der Waals surface area contributed by atoms with Gasteiger partial charge in [0.1, 0.15) is 84.3 Å². The van der Waals surface area contributed by atoms with Crippen LogP contribution in [-0.4, -0.2) is 204 Å². The van der Waals surface area contributed by atoms with E-state index in [4.69, 9.17) is 80.8 Å². The van der Waals surface area contributed by atoms with E-state index < -0.39 is 6.10 Å². The molecule has 34 nitrogen and oxygen atoms in total. The number of hydrogen-bond acceptors (Lipinski definition) is 33. The molecule has 0 aliphatic carbocycles. The van der Waals surface area contributed by atoms with Gasteiger partial charge in [-0.2, -0.15) is 0 Å². The molecule has 666 valence electrons. The minimum Gasteiger partial charge on any atom is -0.486 e. The first kappa shape index (κ1) is 93.5. The van der Waals surface area contributed by atoms with Gasteiger partial charge in [-0.25, -0.2) is 59.8 Å². The first-order valence-electron chi connectivity index (χ1n) is 40.9. The molecule has 4 aromatic carbocycles. The zero-order valence-corrected chi connectivity index (χ0v) is 82.9. The monoisotopic (exact) mass is 2230 g/mol. The summed E-state index contributed by atoms with van der Waals surface area (Å²) in [7, 11) is 0. The molecule has 12 N–H and O–H groups in total. The van der Waals surface area contributed by atoms with E-state index in [9.17, 15) is 9.90 Å². The molecule has 0 spiro atoms. The number of nitrogens with two attached hydrogens (primary N) is 4. The van der Waals surface area contributed by atoms with Crippen molar-refractivity contribution in [2.24, 2.45) is 16.7 Å². The number of carbonyl (C=O) groups is 1. The fourth-order valence-corrected chi connectivity index (χ4v) is 20.6. The van der Waals surface area contributed by atoms with Crippen molar-refractivity contribution in [2.75, 3.05) is 122 Å². The summed E-state index contributed by atoms with van der Waals surface area (Å²) in [5.41, 5.74) is 30.3. The minimum atomic E-state index is -0.947. The average Bonchev–Trinajstić information content (AvgIpc) is 1.65. The summed E-state index contributed by atoms with van der Waals surface area (Å²) in [6, 6.07) is 16.0. The van der Waals surface area contributed by atoms with Crippen molar-refractivity contribution in [2.45, 2.75) is 173 Å². The lowest BCUT2D eigenvalue weighted by Gasteiger charge is -2.32. The van der Waals surface area contributed by atoms with Crippen molar-refractivity contribution < 1.29 is 47.8 Å². The summed E-state index contributed by atoms with van der Waals surface area (Å²) in [4.78, 5) is 71.3. The SMILES string of the molecule is CC(C)(C)CNCCn1c(Sc2cc3c(cc2[124I])OCCO3)nc2c(N)ncnc21.CC(C)(C)CNCCn1c(Sc2cc3c(cc2[131I])OCCO3)nc2c(N)ncnc21.CC(C)(C)NCCCn1c(Sc2cc3c(cc2[131I])OCCO3)nc2c(N)ncnc21.C[C@H](O)C(=O)N1CCC(CCn2c(Sc3cc4c(cc3[124I])OCCO4)nc3c(N)ncnc32)CC1. The fourth-order valence-electron chi connectivity index (χ4n) is 13.8. The van der Waals surface area contributed by atoms with Gasteiger partial charge in [-0.15, -0.1) is 0 Å². The van der Waals surface area contributed by atoms with Crippen molar-refractivity contribution in [3.63, 3.8) is 0 Å². The number of anilines is 4. The highest BCUT2D eigenvalue weighted by atomic mass is 131. The van der Waals surface area contributed by atoms with E-state index in [-0.39, 0.29) is 22.3 Å². The fraction of sp³-hybridized carbons (Fsp3) is 0.458. The number of aliphatic hydroxyl groups is 1. The normalized spacial score (nSPS) is 14.7. The smallest absolute Gasteiger partial charge is 0.251 e. The number of imidazole rings is 4. The number of ether oxygens (including phenoxy) is 8. The predicted octanol–water partition coefficient (Wildman–Crippen LogP) is 13.8. The third-order valence-electron chi connectivity index (χ3n) is 19.9. The standard InChI is InChI=1S/C23H27IN6O4S.3C20H25IN6O2S/c1-13(31)22(32)29-5-2-14(3-6-29)4-7-30-21-19(20(25)26-12-27-21)28-23(30)35-18-11-17-16(10-15(18)24)33-8-9-34-17;2*1-20(2,3)10-23-4-5-27-18-16(17(22)24-11-25-18)26-19(27)30-15-9-14-13(8-12(15)21)28-6-7-29-14;1-20(2,3)25-5-4-6-27-18-16(17(22)23-11-24-18)26-19(27)30-15-10-14-13(9-12(15)21)28-7-8-29-14/h10-14,31H,2-9H2,1H3,(H2,25,26,27);2*8-9,11,23H,4-7,10H2,1-3H3,(H2,22,24,25);9-11,25H,4-8H2,1-3H3,(H2,22,23,24)/t13-;;;/m0.../s1/i24-3;21+4;21-3;21+4. The molecule has 1 saturated heterocycles. The molecule has 5 aliphatic rings. The molecule has 0 unspecified atom stereocenters. The van der Waals surface area contributed by atoms with Crippen LogP contribution < -0.4 is 76.8 Å². The summed E-state index contributed by atoms with van der Waals surface area (Å²) >= 11 is 15.5. The lowest BCUT2D eigenvalue weighted by atomic mass is 9.93. The highest BCUT2D eigenvalue weighted by Crippen LogP contribution is 2.46. The number of benzene rings is 4. The number of halogens is 4. The van der Waals surface area contributed by atoms with Gasteiger partial charge < -0.3 is 105 Å². The number of fused-ring (bicyclic) bond motifs is 8. The lowest BCUT2D eigenvalue weighted by molar-refractivity contribution is -0.140. The molecular weight excluding hydrogens is 2130 g/mol. The highest BCUT2D eigenvalue weighted by molar-refractivity contribution is 14.1. The van der Waals surface area contributed by atoms with Gasteiger partial charge in [0.2, 0.25) is 0 Å². The van der Waals surface area contributed by atoms with Crippen molar-refractivity contribution in [1.29, 1.82) is 0 Å². The minimum absolute atomic E-state index is 0.0858. The van der Waals surface area contributed by atoms with Gasteiger partial charge in [-0.1, -0.05) is 88.6 Å². The van der Waals surface area contributed by atoms with Crippen LogP contribution in [0.1, 0.15) is 94.9 Å². The molecule has 0 saturated carbocycles. The molecular formula is C83H102I4N24O10S4. The second kappa shape index (κ2) is 41.8. The Kier molecular flexibility index (Phi) is 31.3. The highest BCUT2D eigenvalue weighted by Gasteiger charge is 2.30. The predicted molar refractivity (Wildman–Crippen MR) is 519 cm³/mol. The van der Waals surface area contributed by atoms with Crippen LogP contribution in [0, 0.1) is 31.0 Å². The Morgan fingerprint density at radius 3 is 1.09 bits per heavy atom. The van der Waals surface area contributed by atoms with E-state index in [2.05, 4.69) is 227 Å². The van der Waals surface area contributed by atoms with Crippen molar-refractivity contribution in [1.82, 2.24) is 98.9 Å². The maximum atomic E-state index is 12.1. The number of nitrogens with one attached hydrogen (secondary N) is 3. The van der Waals surface area contributed by atoms with Crippen molar-refractivity contribution in [3.05, 3.63) is 88.1 Å². The third-order valence-corrected chi connectivity index (χ3v) is 29.1. The van der Waals surface area contributed by atoms with E-state index in [1.165, 1.54) is 32.2 Å². The Labute approximate surface area is 795 Å². The lowest BCUT2D eigenvalue weighted by Crippen LogP contribution is -2.43. The Bertz CT molecular complexity index is 5440. The van der Waals surface area contributed by atoms with Crippen LogP contribution in [0.15, 0.2) is 114 Å². The van der Waals surface area contributed by atoms with E-state index in [0.717, 1.165) is 202 Å². The van der Waals surface area contributed by atoms with Crippen LogP contribution in [0.25, 0.3) is 44.7 Å². The van der Waals surface area contributed by atoms with Crippen LogP contribution >= 0.6 is 137 Å². The molecule has 5 aliphatic heterocycles. The van der Waals surface area contributed by atoms with E-state index in [1.807, 2.05) is 48.5 Å². The summed E-state index contributed by atoms with van der Waals surface area (Å²) in [6.07, 6.45) is 8.67. The molecule has 1 atom stereocenters. The number of amides is 1. The van der Waals surface area contributed by atoms with Crippen LogP contribution in [-0.2, 0) is 31.0 Å². The van der Waals surface area contributed by atoms with Gasteiger partial charge >= 0.3 is 0 Å². The number of aliphatic hydroxyl groups excluding tert-OH is 1. The third kappa shape index (κ3) is 24.1. The van der Waals surface area contributed by atoms with Gasteiger partial charge in [0.05, 0.1) is 0 Å². The number of nitrogen functional groups attached to an aromatic ring is 4. The van der Waals surface area contributed by atoms with Crippen LogP contribution in [0.4, 0.5) is 23.3 Å². The van der Waals surface area contributed by atoms with Gasteiger partial charge in [0.25, 0.3) is 5.91 Å². The molecule has 1 amide bonds. The molecule has 13 heterocycles. The van der Waals surface area contributed by atoms with Crippen molar-refractivity contribution >= 4 is 211 Å². The second-order valence-electron chi connectivity index (χ2n) is 33.3. The Morgan fingerprint density at radius 1 is 0.456 bits per heavy atom. The van der Waals surface area contributed by atoms with Gasteiger partial charge in [0.15, 0.2) is 135 Å².